The fourth-order valence-corrected chi connectivity index (χ4v) is 3.60. The lowest BCUT2D eigenvalue weighted by atomic mass is 9.75. The van der Waals surface area contributed by atoms with Crippen molar-refractivity contribution < 1.29 is 14.7 Å². The van der Waals surface area contributed by atoms with Gasteiger partial charge >= 0.3 is 5.97 Å². The van der Waals surface area contributed by atoms with Gasteiger partial charge in [-0.25, -0.2) is 0 Å². The minimum absolute atomic E-state index is 0.0185. The molecule has 0 radical (unpaired) electrons. The molecule has 20 heavy (non-hydrogen) atoms. The maximum Gasteiger partial charge on any atom is 0.311 e. The topological polar surface area (TPSA) is 78.4 Å². The molecular formula is C15H26N2O3. The van der Waals surface area contributed by atoms with E-state index in [9.17, 15) is 14.7 Å². The molecule has 5 nitrogen and oxygen atoms in total. The first-order valence-electron chi connectivity index (χ1n) is 7.65. The molecule has 3 N–H and O–H groups in total. The van der Waals surface area contributed by atoms with Crippen LogP contribution in [0.1, 0.15) is 46.0 Å². The van der Waals surface area contributed by atoms with E-state index in [0.717, 1.165) is 25.8 Å². The zero-order valence-electron chi connectivity index (χ0n) is 12.5. The van der Waals surface area contributed by atoms with Crippen LogP contribution in [0.25, 0.3) is 0 Å². The van der Waals surface area contributed by atoms with E-state index in [1.807, 2.05) is 0 Å². The smallest absolute Gasteiger partial charge is 0.311 e. The Morgan fingerprint density at radius 1 is 1.25 bits per heavy atom. The predicted molar refractivity (Wildman–Crippen MR) is 76.3 cm³/mol. The summed E-state index contributed by atoms with van der Waals surface area (Å²) in [5.74, 6) is -0.495. The molecule has 114 valence electrons. The first kappa shape index (κ1) is 15.3. The summed E-state index contributed by atoms with van der Waals surface area (Å²) in [6.07, 6.45) is 4.07. The molecule has 1 unspecified atom stereocenters. The van der Waals surface area contributed by atoms with Crippen molar-refractivity contribution in [2.45, 2.75) is 46.0 Å². The third-order valence-electron chi connectivity index (χ3n) is 5.35. The molecule has 1 aliphatic heterocycles. The van der Waals surface area contributed by atoms with Gasteiger partial charge in [-0.2, -0.15) is 0 Å². The predicted octanol–water partition coefficient (Wildman–Crippen LogP) is 1.38. The Morgan fingerprint density at radius 2 is 1.90 bits per heavy atom. The summed E-state index contributed by atoms with van der Waals surface area (Å²) in [5, 5.41) is 15.7. The average molecular weight is 282 g/mol. The number of carbonyl (C=O) groups excluding carboxylic acids is 1. The molecule has 1 saturated carbocycles. The number of amides is 1. The lowest BCUT2D eigenvalue weighted by Crippen LogP contribution is -2.50. The van der Waals surface area contributed by atoms with Crippen molar-refractivity contribution >= 4 is 11.9 Å². The van der Waals surface area contributed by atoms with Crippen LogP contribution in [0.2, 0.25) is 0 Å². The van der Waals surface area contributed by atoms with Crippen LogP contribution in [0.3, 0.4) is 0 Å². The molecule has 0 aromatic heterocycles. The Hall–Kier alpha value is -1.10. The van der Waals surface area contributed by atoms with Crippen molar-refractivity contribution in [2.75, 3.05) is 19.6 Å². The molecule has 2 fully saturated rings. The fourth-order valence-electron chi connectivity index (χ4n) is 3.60. The number of rotatable bonds is 5. The van der Waals surface area contributed by atoms with Gasteiger partial charge in [-0.3, -0.25) is 9.59 Å². The van der Waals surface area contributed by atoms with Crippen molar-refractivity contribution in [2.24, 2.45) is 16.7 Å². The van der Waals surface area contributed by atoms with E-state index in [4.69, 9.17) is 0 Å². The summed E-state index contributed by atoms with van der Waals surface area (Å²) < 4.78 is 0. The summed E-state index contributed by atoms with van der Waals surface area (Å²) in [4.78, 5) is 24.1. The van der Waals surface area contributed by atoms with Crippen LogP contribution in [0, 0.1) is 16.7 Å². The van der Waals surface area contributed by atoms with Crippen molar-refractivity contribution in [1.29, 1.82) is 0 Å². The number of hydrogen-bond acceptors (Lipinski definition) is 3. The monoisotopic (exact) mass is 282 g/mol. The zero-order valence-corrected chi connectivity index (χ0v) is 12.5. The van der Waals surface area contributed by atoms with Gasteiger partial charge in [-0.15, -0.1) is 0 Å². The van der Waals surface area contributed by atoms with Gasteiger partial charge in [0.15, 0.2) is 0 Å². The highest BCUT2D eigenvalue weighted by molar-refractivity contribution is 5.84. The highest BCUT2D eigenvalue weighted by Crippen LogP contribution is 2.39. The lowest BCUT2D eigenvalue weighted by molar-refractivity contribution is -0.149. The van der Waals surface area contributed by atoms with E-state index in [-0.39, 0.29) is 23.8 Å². The van der Waals surface area contributed by atoms with Gasteiger partial charge in [0.05, 0.1) is 10.8 Å². The average Bonchev–Trinajstić information content (AvgIpc) is 3.06. The van der Waals surface area contributed by atoms with Crippen LogP contribution in [0.5, 0.6) is 0 Å². The standard InChI is InChI=1S/C15H26N2O3/c1-11(2)15(7-8-16-10-15)12(18)17-9-14(13(19)20)5-3-4-6-14/h11,16H,3-10H2,1-2H3,(H,17,18)(H,19,20). The molecule has 1 saturated heterocycles. The molecule has 2 aliphatic rings. The molecule has 0 aromatic carbocycles. The molecule has 0 spiro atoms. The van der Waals surface area contributed by atoms with Crippen LogP contribution < -0.4 is 10.6 Å². The van der Waals surface area contributed by atoms with E-state index in [1.54, 1.807) is 0 Å². The van der Waals surface area contributed by atoms with Crippen molar-refractivity contribution in [1.82, 2.24) is 10.6 Å². The minimum atomic E-state index is -0.765. The summed E-state index contributed by atoms with van der Waals surface area (Å²) >= 11 is 0. The Balaban J connectivity index is 2.02. The highest BCUT2D eigenvalue weighted by atomic mass is 16.4. The van der Waals surface area contributed by atoms with Crippen LogP contribution in [0.15, 0.2) is 0 Å². The lowest BCUT2D eigenvalue weighted by Gasteiger charge is -2.33. The molecule has 5 heteroatoms. The summed E-state index contributed by atoms with van der Waals surface area (Å²) in [6.45, 7) is 5.95. The van der Waals surface area contributed by atoms with Crippen LogP contribution in [-0.4, -0.2) is 36.6 Å². The minimum Gasteiger partial charge on any atom is -0.481 e. The van der Waals surface area contributed by atoms with E-state index in [1.165, 1.54) is 0 Å². The second-order valence-corrected chi connectivity index (χ2v) is 6.71. The summed E-state index contributed by atoms with van der Waals surface area (Å²) in [7, 11) is 0. The van der Waals surface area contributed by atoms with Gasteiger partial charge < -0.3 is 15.7 Å². The van der Waals surface area contributed by atoms with Crippen molar-refractivity contribution in [3.63, 3.8) is 0 Å². The molecular weight excluding hydrogens is 256 g/mol. The van der Waals surface area contributed by atoms with E-state index in [2.05, 4.69) is 24.5 Å². The SMILES string of the molecule is CC(C)C1(C(=O)NCC2(C(=O)O)CCCC2)CCNC1. The first-order chi connectivity index (χ1) is 9.43. The molecule has 1 heterocycles. The number of hydrogen-bond donors (Lipinski definition) is 3. The molecule has 0 bridgehead atoms. The fraction of sp³-hybridized carbons (Fsp3) is 0.867. The Kier molecular flexibility index (Phi) is 4.37. The van der Waals surface area contributed by atoms with Gasteiger partial charge in [-0.05, 0) is 31.7 Å². The maximum absolute atomic E-state index is 12.6. The molecule has 1 atom stereocenters. The van der Waals surface area contributed by atoms with Crippen molar-refractivity contribution in [3.05, 3.63) is 0 Å². The second-order valence-electron chi connectivity index (χ2n) is 6.71. The van der Waals surface area contributed by atoms with E-state index >= 15 is 0 Å². The van der Waals surface area contributed by atoms with Gasteiger partial charge in [0, 0.05) is 13.1 Å². The maximum atomic E-state index is 12.6. The number of carboxylic acids is 1. The van der Waals surface area contributed by atoms with E-state index in [0.29, 0.717) is 19.4 Å². The highest BCUT2D eigenvalue weighted by Gasteiger charge is 2.46. The normalized spacial score (nSPS) is 28.8. The number of carboxylic acid groups (broad SMARTS) is 1. The van der Waals surface area contributed by atoms with E-state index < -0.39 is 11.4 Å². The summed E-state index contributed by atoms with van der Waals surface area (Å²) in [5.41, 5.74) is -1.11. The van der Waals surface area contributed by atoms with Crippen LogP contribution in [0.4, 0.5) is 0 Å². The number of aliphatic carboxylic acids is 1. The largest absolute Gasteiger partial charge is 0.481 e. The quantitative estimate of drug-likeness (QED) is 0.712. The van der Waals surface area contributed by atoms with Gasteiger partial charge in [0.25, 0.3) is 0 Å². The van der Waals surface area contributed by atoms with Crippen molar-refractivity contribution in [3.8, 4) is 0 Å². The molecule has 1 aliphatic carbocycles. The van der Waals surface area contributed by atoms with Gasteiger partial charge in [0.2, 0.25) is 5.91 Å². The van der Waals surface area contributed by atoms with Crippen LogP contribution in [-0.2, 0) is 9.59 Å². The third kappa shape index (κ3) is 2.55. The molecule has 0 aromatic rings. The second kappa shape index (κ2) is 5.72. The Labute approximate surface area is 120 Å². The number of nitrogens with one attached hydrogen (secondary N) is 2. The third-order valence-corrected chi connectivity index (χ3v) is 5.35. The molecule has 1 amide bonds. The Morgan fingerprint density at radius 3 is 2.35 bits per heavy atom. The zero-order chi connectivity index (χ0) is 14.8. The first-order valence-corrected chi connectivity index (χ1v) is 7.65. The number of carbonyl (C=O) groups is 2. The van der Waals surface area contributed by atoms with Gasteiger partial charge in [0.1, 0.15) is 0 Å². The van der Waals surface area contributed by atoms with Gasteiger partial charge in [-0.1, -0.05) is 26.7 Å². The van der Waals surface area contributed by atoms with Crippen LogP contribution >= 0.6 is 0 Å². The molecule has 2 rings (SSSR count). The summed E-state index contributed by atoms with van der Waals surface area (Å²) in [6, 6.07) is 0. The Bertz CT molecular complexity index is 381.